The Balaban J connectivity index is 0.00000131. The molecule has 2 rings (SSSR count). The highest BCUT2D eigenvalue weighted by Crippen LogP contribution is 2.35. The molecule has 1 aromatic rings. The molecule has 0 saturated carbocycles. The predicted molar refractivity (Wildman–Crippen MR) is 247 cm³/mol. The molecule has 1 aliphatic rings. The van der Waals surface area contributed by atoms with E-state index in [4.69, 9.17) is 58.1 Å². The minimum Gasteiger partial charge on any atom is -0.460 e. The second kappa shape index (κ2) is 37.6. The van der Waals surface area contributed by atoms with Crippen LogP contribution in [0.3, 0.4) is 0 Å². The zero-order valence-corrected chi connectivity index (χ0v) is 41.5. The third-order valence-corrected chi connectivity index (χ3v) is 9.67. The van der Waals surface area contributed by atoms with Crippen LogP contribution in [0.25, 0.3) is 0 Å². The second-order valence-electron chi connectivity index (χ2n) is 16.6. The van der Waals surface area contributed by atoms with Crippen LogP contribution < -0.4 is 26.6 Å². The average molecular weight is 985 g/mol. The van der Waals surface area contributed by atoms with E-state index in [-0.39, 0.29) is 92.5 Å². The van der Waals surface area contributed by atoms with Crippen molar-refractivity contribution in [2.24, 2.45) is 17.6 Å². The Kier molecular flexibility index (Phi) is 34.7. The zero-order valence-electron chi connectivity index (χ0n) is 41.5. The first-order valence-electron chi connectivity index (χ1n) is 22.9. The lowest BCUT2D eigenvalue weighted by Crippen LogP contribution is -2.52. The van der Waals surface area contributed by atoms with Gasteiger partial charge in [0.2, 0.25) is 18.1 Å². The Morgan fingerprint density at radius 3 is 2.22 bits per heavy atom. The molecule has 0 unspecified atom stereocenters. The number of carbonyl (C=O) groups is 6. The number of nitrogens with two attached hydrogens (primary N) is 1. The molecule has 1 fully saturated rings. The molecule has 1 aromatic carbocycles. The molecule has 1 aliphatic heterocycles. The minimum atomic E-state index is -0.879. The van der Waals surface area contributed by atoms with Crippen LogP contribution in [0.2, 0.25) is 0 Å². The standard InChI is InChI=1S/C25H48N4O9.C21H28O7.CO2/c1-5-13-35-19-23(32)28-20(21(30)10-8-14-37-29-24(33)38-25(2,3)4)9-6-7-12-27-22(31)18-36-17-16-34-15-11-26;1-6-9-25-20(24)17-10-16(11-22)7-8-18(17)28-21-19(27-15(5)23)13(3)12(2)14(4)26-21;2-1-3/h20H,5-19,26H2,1-4H3,(H,27,31)(H,28,32)(H,29,33);6-8,10,12-14,19,21-22H,1,9,11H2,2-5H3;/t20-;12-,13-,14+,19+,21-;/m00./s1. The van der Waals surface area contributed by atoms with Crippen molar-refractivity contribution in [3.63, 3.8) is 0 Å². The summed E-state index contributed by atoms with van der Waals surface area (Å²) >= 11 is 0. The van der Waals surface area contributed by atoms with Gasteiger partial charge in [0.1, 0.15) is 36.7 Å². The Bertz CT molecular complexity index is 1720. The van der Waals surface area contributed by atoms with E-state index in [0.29, 0.717) is 70.8 Å². The second-order valence-corrected chi connectivity index (χ2v) is 16.6. The topological polar surface area (TPSA) is 302 Å². The first kappa shape index (κ1) is 63.7. The van der Waals surface area contributed by atoms with Gasteiger partial charge in [0.05, 0.1) is 45.2 Å². The first-order valence-corrected chi connectivity index (χ1v) is 22.9. The van der Waals surface area contributed by atoms with E-state index in [1.54, 1.807) is 32.9 Å². The van der Waals surface area contributed by atoms with Crippen LogP contribution in [0, 0.1) is 11.8 Å². The molecule has 0 bridgehead atoms. The van der Waals surface area contributed by atoms with Gasteiger partial charge in [0.25, 0.3) is 0 Å². The number of nitrogens with one attached hydrogen (secondary N) is 3. The predicted octanol–water partition coefficient (Wildman–Crippen LogP) is 3.25. The van der Waals surface area contributed by atoms with E-state index in [1.165, 1.54) is 19.1 Å². The van der Waals surface area contributed by atoms with Crippen molar-refractivity contribution in [1.29, 1.82) is 0 Å². The Morgan fingerprint density at radius 1 is 0.928 bits per heavy atom. The molecule has 22 heteroatoms. The molecule has 0 radical (unpaired) electrons. The smallest absolute Gasteiger partial charge is 0.431 e. The van der Waals surface area contributed by atoms with Gasteiger partial charge in [-0.15, -0.1) is 0 Å². The number of hydroxylamine groups is 1. The van der Waals surface area contributed by atoms with Gasteiger partial charge in [-0.2, -0.15) is 15.1 Å². The number of amides is 3. The number of rotatable bonds is 30. The number of aliphatic hydroxyl groups is 1. The summed E-state index contributed by atoms with van der Waals surface area (Å²) in [7, 11) is 0. The number of ketones is 1. The molecular formula is C47H76N4O18. The highest BCUT2D eigenvalue weighted by atomic mass is 16.7. The first-order chi connectivity index (χ1) is 32.8. The lowest BCUT2D eigenvalue weighted by molar-refractivity contribution is -0.242. The molecule has 69 heavy (non-hydrogen) atoms. The van der Waals surface area contributed by atoms with Crippen LogP contribution in [0.1, 0.15) is 110 Å². The third-order valence-electron chi connectivity index (χ3n) is 9.67. The maximum atomic E-state index is 12.8. The van der Waals surface area contributed by atoms with E-state index >= 15 is 0 Å². The summed E-state index contributed by atoms with van der Waals surface area (Å²) in [5.41, 5.74) is 7.53. The molecular weight excluding hydrogens is 909 g/mol. The molecule has 1 heterocycles. The summed E-state index contributed by atoms with van der Waals surface area (Å²) in [6.07, 6.45) is 2.30. The van der Waals surface area contributed by atoms with Gasteiger partial charge in [-0.25, -0.2) is 9.59 Å². The number of hydrogen-bond donors (Lipinski definition) is 5. The van der Waals surface area contributed by atoms with Crippen molar-refractivity contribution in [3.05, 3.63) is 42.0 Å². The van der Waals surface area contributed by atoms with Crippen molar-refractivity contribution in [1.82, 2.24) is 16.1 Å². The van der Waals surface area contributed by atoms with Crippen LogP contribution in [-0.4, -0.2) is 143 Å². The lowest BCUT2D eigenvalue weighted by atomic mass is 9.84. The van der Waals surface area contributed by atoms with Crippen LogP contribution in [0.15, 0.2) is 30.9 Å². The number of aliphatic hydroxyl groups excluding tert-OH is 1. The number of unbranched alkanes of at least 4 members (excludes halogenated alkanes) is 1. The minimum absolute atomic E-state index is 0.00877. The van der Waals surface area contributed by atoms with Gasteiger partial charge in [0, 0.05) is 39.0 Å². The van der Waals surface area contributed by atoms with Crippen LogP contribution in [0.5, 0.6) is 5.75 Å². The molecule has 0 spiro atoms. The normalized spacial score (nSPS) is 17.7. The van der Waals surface area contributed by atoms with E-state index in [2.05, 4.69) is 22.7 Å². The summed E-state index contributed by atoms with van der Waals surface area (Å²) in [4.78, 5) is 93.7. The maximum Gasteiger partial charge on any atom is 0.431 e. The van der Waals surface area contributed by atoms with E-state index in [1.807, 2.05) is 27.7 Å². The van der Waals surface area contributed by atoms with Crippen molar-refractivity contribution in [3.8, 4) is 5.75 Å². The molecule has 6 N–H and O–H groups in total. The molecule has 3 amide bonds. The summed E-state index contributed by atoms with van der Waals surface area (Å²) in [5, 5.41) is 14.9. The fourth-order valence-electron chi connectivity index (χ4n) is 6.09. The molecule has 22 nitrogen and oxygen atoms in total. The lowest BCUT2D eigenvalue weighted by Gasteiger charge is -2.42. The average Bonchev–Trinajstić information content (AvgIpc) is 3.29. The van der Waals surface area contributed by atoms with Crippen molar-refractivity contribution >= 4 is 41.8 Å². The molecule has 0 aliphatic carbocycles. The molecule has 0 aromatic heterocycles. The van der Waals surface area contributed by atoms with Crippen molar-refractivity contribution < 1.29 is 86.2 Å². The highest BCUT2D eigenvalue weighted by Gasteiger charge is 2.43. The number of benzene rings is 1. The Morgan fingerprint density at radius 2 is 1.59 bits per heavy atom. The summed E-state index contributed by atoms with van der Waals surface area (Å²) in [6.45, 7) is 20.1. The van der Waals surface area contributed by atoms with E-state index in [9.17, 15) is 33.9 Å². The largest absolute Gasteiger partial charge is 0.460 e. The van der Waals surface area contributed by atoms with Gasteiger partial charge in [-0.3, -0.25) is 24.0 Å². The fourth-order valence-corrected chi connectivity index (χ4v) is 6.09. The van der Waals surface area contributed by atoms with Gasteiger partial charge in [-0.05, 0) is 83.4 Å². The molecule has 6 atom stereocenters. The summed E-state index contributed by atoms with van der Waals surface area (Å²) < 4.78 is 43.2. The SMILES string of the molecule is C=CCOC(=O)c1cc(CO)ccc1O[C@@H]1O[C@H](C)[C@@H](C)[C@H](C)[C@H]1OC(C)=O.CCCOCC(=O)N[C@@H](CCCCNC(=O)COCCOCCN)C(=O)CCCONC(=O)OC(C)(C)C.O=C=O. The van der Waals surface area contributed by atoms with E-state index < -0.39 is 42.1 Å². The molecule has 1 saturated heterocycles. The van der Waals surface area contributed by atoms with E-state index in [0.717, 1.165) is 6.42 Å². The van der Waals surface area contributed by atoms with Crippen molar-refractivity contribution in [2.75, 3.05) is 65.9 Å². The summed E-state index contributed by atoms with van der Waals surface area (Å²) in [6, 6.07) is 4.02. The van der Waals surface area contributed by atoms with Gasteiger partial charge in [-0.1, -0.05) is 39.5 Å². The van der Waals surface area contributed by atoms with Crippen LogP contribution in [-0.2, 0) is 73.4 Å². The van der Waals surface area contributed by atoms with Gasteiger partial charge >= 0.3 is 24.2 Å². The number of Topliss-reactive ketones (excluding diaryl/α,β-unsaturated/α-hetero) is 1. The summed E-state index contributed by atoms with van der Waals surface area (Å²) in [5.74, 6) is -1.43. The highest BCUT2D eigenvalue weighted by molar-refractivity contribution is 5.93. The Hall–Kier alpha value is -5.32. The number of hydrogen-bond acceptors (Lipinski definition) is 19. The van der Waals surface area contributed by atoms with Gasteiger partial charge in [0.15, 0.2) is 11.9 Å². The van der Waals surface area contributed by atoms with Gasteiger partial charge < -0.3 is 59.4 Å². The zero-order chi connectivity index (χ0) is 52.2. The van der Waals surface area contributed by atoms with Crippen LogP contribution in [0.4, 0.5) is 4.79 Å². The van der Waals surface area contributed by atoms with Crippen LogP contribution >= 0.6 is 0 Å². The number of esters is 2. The number of ether oxygens (including phenoxy) is 8. The fraction of sp³-hybridized carbons (Fsp3) is 0.681. The monoisotopic (exact) mass is 985 g/mol. The van der Waals surface area contributed by atoms with Crippen molar-refractivity contribution in [2.45, 2.75) is 131 Å². The quantitative estimate of drug-likeness (QED) is 0.0243. The third kappa shape index (κ3) is 30.0. The number of carbonyl (C=O) groups excluding carboxylic acids is 8. The Labute approximate surface area is 405 Å². The molecule has 392 valence electrons. The maximum absolute atomic E-state index is 12.8.